The van der Waals surface area contributed by atoms with Gasteiger partial charge in [0.1, 0.15) is 5.75 Å². The summed E-state index contributed by atoms with van der Waals surface area (Å²) in [5.74, 6) is 1.36. The highest BCUT2D eigenvalue weighted by molar-refractivity contribution is 7.89. The van der Waals surface area contributed by atoms with Crippen LogP contribution in [0.3, 0.4) is 0 Å². The van der Waals surface area contributed by atoms with E-state index in [-0.39, 0.29) is 13.2 Å². The fourth-order valence-electron chi connectivity index (χ4n) is 1.65. The standard InChI is InChI=1S/C12H15NO6S/c1-20(15,16)13-12(14)3-2-6-17-9-4-5-10-11(7-9)19-8-18-10/h4-5,7H,2-3,6,8H2,1H3,(H,13,14). The fourth-order valence-corrected chi connectivity index (χ4v) is 2.16. The van der Waals surface area contributed by atoms with Crippen LogP contribution in [0.1, 0.15) is 12.8 Å². The van der Waals surface area contributed by atoms with Crippen molar-refractivity contribution in [2.75, 3.05) is 19.7 Å². The van der Waals surface area contributed by atoms with E-state index in [9.17, 15) is 13.2 Å². The third kappa shape index (κ3) is 4.30. The highest BCUT2D eigenvalue weighted by Crippen LogP contribution is 2.35. The predicted molar refractivity (Wildman–Crippen MR) is 70.3 cm³/mol. The van der Waals surface area contributed by atoms with E-state index in [1.54, 1.807) is 18.2 Å². The number of sulfonamides is 1. The van der Waals surface area contributed by atoms with E-state index in [4.69, 9.17) is 14.2 Å². The molecule has 0 atom stereocenters. The molecule has 0 bridgehead atoms. The summed E-state index contributed by atoms with van der Waals surface area (Å²) in [6, 6.07) is 5.19. The Bertz CT molecular complexity index is 598. The average molecular weight is 301 g/mol. The van der Waals surface area contributed by atoms with Crippen LogP contribution in [0.2, 0.25) is 0 Å². The molecule has 0 fully saturated rings. The first kappa shape index (κ1) is 14.4. The molecule has 0 saturated heterocycles. The summed E-state index contributed by atoms with van der Waals surface area (Å²) < 4.78 is 39.3. The van der Waals surface area contributed by atoms with Crippen LogP contribution < -0.4 is 18.9 Å². The van der Waals surface area contributed by atoms with Crippen molar-refractivity contribution in [1.29, 1.82) is 0 Å². The minimum Gasteiger partial charge on any atom is -0.493 e. The maximum absolute atomic E-state index is 11.2. The number of carbonyl (C=O) groups is 1. The lowest BCUT2D eigenvalue weighted by molar-refractivity contribution is -0.119. The van der Waals surface area contributed by atoms with Crippen LogP contribution in [0, 0.1) is 0 Å². The molecule has 0 unspecified atom stereocenters. The zero-order valence-corrected chi connectivity index (χ0v) is 11.7. The van der Waals surface area contributed by atoms with Crippen LogP contribution in [0.5, 0.6) is 17.2 Å². The monoisotopic (exact) mass is 301 g/mol. The van der Waals surface area contributed by atoms with Crippen molar-refractivity contribution in [2.24, 2.45) is 0 Å². The molecular formula is C12H15NO6S. The number of nitrogens with one attached hydrogen (secondary N) is 1. The summed E-state index contributed by atoms with van der Waals surface area (Å²) in [5.41, 5.74) is 0. The third-order valence-electron chi connectivity index (χ3n) is 2.46. The number of hydrogen-bond acceptors (Lipinski definition) is 6. The number of fused-ring (bicyclic) bond motifs is 1. The van der Waals surface area contributed by atoms with Gasteiger partial charge in [0.05, 0.1) is 12.9 Å². The van der Waals surface area contributed by atoms with Crippen molar-refractivity contribution in [1.82, 2.24) is 4.72 Å². The van der Waals surface area contributed by atoms with Crippen molar-refractivity contribution in [3.8, 4) is 17.2 Å². The average Bonchev–Trinajstić information content (AvgIpc) is 2.79. The molecule has 1 aliphatic heterocycles. The molecule has 1 aromatic rings. The molecule has 2 rings (SSSR count). The van der Waals surface area contributed by atoms with Crippen molar-refractivity contribution in [2.45, 2.75) is 12.8 Å². The van der Waals surface area contributed by atoms with Crippen LogP contribution in [0.25, 0.3) is 0 Å². The van der Waals surface area contributed by atoms with Gasteiger partial charge in [-0.3, -0.25) is 9.52 Å². The predicted octanol–water partition coefficient (Wildman–Crippen LogP) is 0.650. The maximum Gasteiger partial charge on any atom is 0.233 e. The molecule has 0 aliphatic carbocycles. The fraction of sp³-hybridized carbons (Fsp3) is 0.417. The first-order valence-electron chi connectivity index (χ1n) is 5.97. The minimum atomic E-state index is -3.49. The number of rotatable bonds is 6. The van der Waals surface area contributed by atoms with E-state index in [1.165, 1.54) is 0 Å². The van der Waals surface area contributed by atoms with Gasteiger partial charge in [-0.1, -0.05) is 0 Å². The van der Waals surface area contributed by atoms with Crippen molar-refractivity contribution >= 4 is 15.9 Å². The molecule has 1 heterocycles. The summed E-state index contributed by atoms with van der Waals surface area (Å²) in [6.45, 7) is 0.501. The summed E-state index contributed by atoms with van der Waals surface area (Å²) in [5, 5.41) is 0. The summed E-state index contributed by atoms with van der Waals surface area (Å²) >= 11 is 0. The van der Waals surface area contributed by atoms with Gasteiger partial charge < -0.3 is 14.2 Å². The van der Waals surface area contributed by atoms with Crippen molar-refractivity contribution < 1.29 is 27.4 Å². The molecule has 1 aromatic carbocycles. The smallest absolute Gasteiger partial charge is 0.233 e. The van der Waals surface area contributed by atoms with Crippen LogP contribution in [-0.2, 0) is 14.8 Å². The Labute approximate surface area is 116 Å². The molecule has 110 valence electrons. The summed E-state index contributed by atoms with van der Waals surface area (Å²) in [6.07, 6.45) is 1.43. The molecule has 7 nitrogen and oxygen atoms in total. The zero-order chi connectivity index (χ0) is 14.6. The molecule has 0 saturated carbocycles. The van der Waals surface area contributed by atoms with Crippen LogP contribution in [-0.4, -0.2) is 34.0 Å². The Morgan fingerprint density at radius 1 is 1.35 bits per heavy atom. The zero-order valence-electron chi connectivity index (χ0n) is 10.9. The molecule has 1 aliphatic rings. The largest absolute Gasteiger partial charge is 0.493 e. The number of carbonyl (C=O) groups excluding carboxylic acids is 1. The Morgan fingerprint density at radius 2 is 2.10 bits per heavy atom. The second kappa shape index (κ2) is 6.00. The van der Waals surface area contributed by atoms with E-state index in [0.29, 0.717) is 30.3 Å². The van der Waals surface area contributed by atoms with Gasteiger partial charge in [-0.05, 0) is 18.6 Å². The minimum absolute atomic E-state index is 0.0810. The first-order chi connectivity index (χ1) is 9.44. The quantitative estimate of drug-likeness (QED) is 0.776. The van der Waals surface area contributed by atoms with Gasteiger partial charge in [0.15, 0.2) is 11.5 Å². The molecule has 0 radical (unpaired) electrons. The number of benzene rings is 1. The van der Waals surface area contributed by atoms with E-state index in [0.717, 1.165) is 6.26 Å². The highest BCUT2D eigenvalue weighted by atomic mass is 32.2. The lowest BCUT2D eigenvalue weighted by Gasteiger charge is -2.07. The third-order valence-corrected chi connectivity index (χ3v) is 3.06. The van der Waals surface area contributed by atoms with Crippen LogP contribution in [0.15, 0.2) is 18.2 Å². The van der Waals surface area contributed by atoms with Gasteiger partial charge in [-0.15, -0.1) is 0 Å². The second-order valence-corrected chi connectivity index (χ2v) is 6.01. The van der Waals surface area contributed by atoms with Gasteiger partial charge >= 0.3 is 0 Å². The van der Waals surface area contributed by atoms with Gasteiger partial charge in [0.25, 0.3) is 0 Å². The number of hydrogen-bond donors (Lipinski definition) is 1. The summed E-state index contributed by atoms with van der Waals surface area (Å²) in [4.78, 5) is 11.2. The normalized spacial score (nSPS) is 13.1. The molecule has 0 aromatic heterocycles. The van der Waals surface area contributed by atoms with Gasteiger partial charge in [0, 0.05) is 12.5 Å². The Morgan fingerprint density at radius 3 is 2.85 bits per heavy atom. The second-order valence-electron chi connectivity index (χ2n) is 4.26. The Kier molecular flexibility index (Phi) is 4.33. The van der Waals surface area contributed by atoms with Crippen LogP contribution >= 0.6 is 0 Å². The molecular weight excluding hydrogens is 286 g/mol. The molecule has 20 heavy (non-hydrogen) atoms. The van der Waals surface area contributed by atoms with E-state index in [1.807, 2.05) is 4.72 Å². The Balaban J connectivity index is 1.72. The maximum atomic E-state index is 11.2. The van der Waals surface area contributed by atoms with Gasteiger partial charge in [0.2, 0.25) is 22.7 Å². The lowest BCUT2D eigenvalue weighted by atomic mass is 10.3. The molecule has 1 amide bonds. The summed E-state index contributed by atoms with van der Waals surface area (Å²) in [7, 11) is -3.49. The van der Waals surface area contributed by atoms with Crippen LogP contribution in [0.4, 0.5) is 0 Å². The van der Waals surface area contributed by atoms with E-state index >= 15 is 0 Å². The SMILES string of the molecule is CS(=O)(=O)NC(=O)CCCOc1ccc2c(c1)OCO2. The highest BCUT2D eigenvalue weighted by Gasteiger charge is 2.13. The van der Waals surface area contributed by atoms with Gasteiger partial charge in [-0.25, -0.2) is 8.42 Å². The first-order valence-corrected chi connectivity index (χ1v) is 7.86. The number of ether oxygens (including phenoxy) is 3. The number of amides is 1. The molecule has 0 spiro atoms. The molecule has 1 N–H and O–H groups in total. The topological polar surface area (TPSA) is 90.9 Å². The van der Waals surface area contributed by atoms with E-state index in [2.05, 4.69) is 0 Å². The van der Waals surface area contributed by atoms with E-state index < -0.39 is 15.9 Å². The van der Waals surface area contributed by atoms with Gasteiger partial charge in [-0.2, -0.15) is 0 Å². The molecule has 8 heteroatoms. The van der Waals surface area contributed by atoms with Crippen molar-refractivity contribution in [3.05, 3.63) is 18.2 Å². The Hall–Kier alpha value is -1.96. The lowest BCUT2D eigenvalue weighted by Crippen LogP contribution is -2.29. The van der Waals surface area contributed by atoms with Crippen molar-refractivity contribution in [3.63, 3.8) is 0 Å².